The summed E-state index contributed by atoms with van der Waals surface area (Å²) in [4.78, 5) is 9.61. The van der Waals surface area contributed by atoms with Crippen LogP contribution in [0.4, 0.5) is 45.5 Å². The fourth-order valence-electron chi connectivity index (χ4n) is 11.1. The predicted molar refractivity (Wildman–Crippen MR) is 331 cm³/mol. The van der Waals surface area contributed by atoms with Crippen molar-refractivity contribution in [2.75, 3.05) is 45.8 Å². The maximum absolute atomic E-state index is 2.42. The molecule has 0 spiro atoms. The van der Waals surface area contributed by atoms with E-state index < -0.39 is 5.41 Å². The molecule has 4 nitrogen and oxygen atoms in total. The second-order valence-corrected chi connectivity index (χ2v) is 20.4. The van der Waals surface area contributed by atoms with Gasteiger partial charge in [-0.3, -0.25) is 0 Å². The summed E-state index contributed by atoms with van der Waals surface area (Å²) >= 11 is 0. The summed E-state index contributed by atoms with van der Waals surface area (Å²) in [5.74, 6) is 0. The van der Waals surface area contributed by atoms with Crippen LogP contribution in [0.1, 0.15) is 72.2 Å². The van der Waals surface area contributed by atoms with Gasteiger partial charge in [-0.1, -0.05) is 168 Å². The van der Waals surface area contributed by atoms with Gasteiger partial charge in [0.25, 0.3) is 0 Å². The van der Waals surface area contributed by atoms with Gasteiger partial charge in [0.2, 0.25) is 0 Å². The Kier molecular flexibility index (Phi) is 15.6. The summed E-state index contributed by atoms with van der Waals surface area (Å²) in [6, 6.07) is 90.8. The minimum absolute atomic E-state index is 0.713. The van der Waals surface area contributed by atoms with Crippen LogP contribution in [0.15, 0.2) is 243 Å². The number of hydrogen-bond donors (Lipinski definition) is 0. The van der Waals surface area contributed by atoms with Crippen molar-refractivity contribution in [3.8, 4) is 22.3 Å². The minimum Gasteiger partial charge on any atom is -0.372 e. The summed E-state index contributed by atoms with van der Waals surface area (Å²) in [6.45, 7) is 21.3. The van der Waals surface area contributed by atoms with Gasteiger partial charge in [0.1, 0.15) is 0 Å². The Labute approximate surface area is 459 Å². The average molecular weight is 1010 g/mol. The van der Waals surface area contributed by atoms with E-state index in [4.69, 9.17) is 0 Å². The van der Waals surface area contributed by atoms with Crippen molar-refractivity contribution < 1.29 is 0 Å². The monoisotopic (exact) mass is 1000 g/mol. The molecule has 0 bridgehead atoms. The van der Waals surface area contributed by atoms with Crippen molar-refractivity contribution in [1.82, 2.24) is 0 Å². The molecular weight excluding hydrogens is 933 g/mol. The fraction of sp³-hybridized carbons (Fsp3) is 0.178. The molecule has 0 fully saturated rings. The molecule has 10 rings (SSSR count). The molecule has 0 aromatic heterocycles. The predicted octanol–water partition coefficient (Wildman–Crippen LogP) is 19.3. The van der Waals surface area contributed by atoms with Gasteiger partial charge in [0.05, 0.1) is 5.41 Å². The Bertz CT molecular complexity index is 3230. The molecule has 0 saturated carbocycles. The smallest absolute Gasteiger partial charge is 0.0701 e. The lowest BCUT2D eigenvalue weighted by molar-refractivity contribution is 0.743. The average Bonchev–Trinajstić information content (AvgIpc) is 3.54. The number of anilines is 8. The standard InChI is InChI=1S/C73H72N4/c1-9-74(10-2)65-45-29-61(30-46-65)73(62-31-47-66(48-32-62)75(11-3)12-4,63-33-49-71(50-34-63)76(67-37-17-55(7)18-38-67)69-41-25-59(26-42-69)57-21-13-53(5)14-22-57)64-35-51-72(52-36-64)77(68-39-19-56(8)20-40-68)70-43-27-60(28-44-70)58-23-15-54(6)16-24-58/h13-52H,9-12H2,1-8H3. The molecule has 384 valence electrons. The van der Waals surface area contributed by atoms with E-state index in [2.05, 4.69) is 318 Å². The molecule has 0 aliphatic heterocycles. The van der Waals surface area contributed by atoms with Crippen molar-refractivity contribution in [3.05, 3.63) is 287 Å². The van der Waals surface area contributed by atoms with Crippen LogP contribution in [0.5, 0.6) is 0 Å². The second kappa shape index (κ2) is 23.1. The Morgan fingerprint density at radius 2 is 0.390 bits per heavy atom. The van der Waals surface area contributed by atoms with Crippen molar-refractivity contribution in [3.63, 3.8) is 0 Å². The molecule has 0 unspecified atom stereocenters. The fourth-order valence-corrected chi connectivity index (χ4v) is 11.1. The van der Waals surface area contributed by atoms with Gasteiger partial charge in [0, 0.05) is 71.7 Å². The molecule has 0 radical (unpaired) electrons. The molecule has 0 heterocycles. The Morgan fingerprint density at radius 1 is 0.221 bits per heavy atom. The van der Waals surface area contributed by atoms with Gasteiger partial charge in [-0.15, -0.1) is 0 Å². The van der Waals surface area contributed by atoms with Gasteiger partial charge < -0.3 is 19.6 Å². The highest BCUT2D eigenvalue weighted by Crippen LogP contribution is 2.48. The van der Waals surface area contributed by atoms with Gasteiger partial charge >= 0.3 is 0 Å². The van der Waals surface area contributed by atoms with E-state index in [-0.39, 0.29) is 0 Å². The lowest BCUT2D eigenvalue weighted by atomic mass is 9.65. The van der Waals surface area contributed by atoms with E-state index in [0.29, 0.717) is 0 Å². The molecule has 0 N–H and O–H groups in total. The molecule has 4 heteroatoms. The molecule has 77 heavy (non-hydrogen) atoms. The van der Waals surface area contributed by atoms with E-state index >= 15 is 0 Å². The number of rotatable bonds is 18. The largest absolute Gasteiger partial charge is 0.372 e. The van der Waals surface area contributed by atoms with Crippen LogP contribution < -0.4 is 19.6 Å². The van der Waals surface area contributed by atoms with Crippen LogP contribution in [0.2, 0.25) is 0 Å². The number of hydrogen-bond acceptors (Lipinski definition) is 4. The third-order valence-corrected chi connectivity index (χ3v) is 15.6. The van der Waals surface area contributed by atoms with Gasteiger partial charge in [-0.25, -0.2) is 0 Å². The van der Waals surface area contributed by atoms with Crippen LogP contribution in [0, 0.1) is 27.7 Å². The number of nitrogens with zero attached hydrogens (tertiary/aromatic N) is 4. The normalized spacial score (nSPS) is 11.3. The summed E-state index contributed by atoms with van der Waals surface area (Å²) in [5, 5.41) is 0. The van der Waals surface area contributed by atoms with E-state index in [1.54, 1.807) is 0 Å². The van der Waals surface area contributed by atoms with Crippen LogP contribution in [-0.4, -0.2) is 26.2 Å². The summed E-state index contributed by atoms with van der Waals surface area (Å²) in [6.07, 6.45) is 0. The van der Waals surface area contributed by atoms with Crippen molar-refractivity contribution in [2.45, 2.75) is 60.8 Å². The molecular formula is C73H72N4. The van der Waals surface area contributed by atoms with Gasteiger partial charge in [-0.05, 0) is 197 Å². The van der Waals surface area contributed by atoms with Crippen molar-refractivity contribution in [2.24, 2.45) is 0 Å². The Balaban J connectivity index is 1.14. The zero-order chi connectivity index (χ0) is 53.5. The third kappa shape index (κ3) is 10.8. The zero-order valence-corrected chi connectivity index (χ0v) is 46.2. The van der Waals surface area contributed by atoms with E-state index in [1.807, 2.05) is 0 Å². The first-order chi connectivity index (χ1) is 37.6. The summed E-state index contributed by atoms with van der Waals surface area (Å²) in [7, 11) is 0. The Hall–Kier alpha value is -8.60. The topological polar surface area (TPSA) is 13.0 Å². The number of benzene rings is 10. The Morgan fingerprint density at radius 3 is 0.610 bits per heavy atom. The molecule has 0 amide bonds. The second-order valence-electron chi connectivity index (χ2n) is 20.4. The molecule has 10 aromatic rings. The molecule has 0 aliphatic rings. The molecule has 0 aliphatic carbocycles. The summed E-state index contributed by atoms with van der Waals surface area (Å²) < 4.78 is 0. The maximum Gasteiger partial charge on any atom is 0.0701 e. The van der Waals surface area contributed by atoms with E-state index in [0.717, 1.165) is 60.3 Å². The highest BCUT2D eigenvalue weighted by molar-refractivity contribution is 5.81. The molecule has 10 aromatic carbocycles. The van der Waals surface area contributed by atoms with E-state index in [1.165, 1.54) is 78.1 Å². The lowest BCUT2D eigenvalue weighted by Crippen LogP contribution is -2.31. The quantitative estimate of drug-likeness (QED) is 0.0794. The molecule has 0 atom stereocenters. The molecule has 0 saturated heterocycles. The van der Waals surface area contributed by atoms with Crippen LogP contribution in [0.25, 0.3) is 22.3 Å². The zero-order valence-electron chi connectivity index (χ0n) is 46.2. The van der Waals surface area contributed by atoms with Crippen molar-refractivity contribution >= 4 is 45.5 Å². The van der Waals surface area contributed by atoms with Gasteiger partial charge in [-0.2, -0.15) is 0 Å². The first-order valence-corrected chi connectivity index (χ1v) is 27.6. The van der Waals surface area contributed by atoms with Crippen LogP contribution >= 0.6 is 0 Å². The third-order valence-electron chi connectivity index (χ3n) is 15.6. The number of aryl methyl sites for hydroxylation is 4. The first kappa shape index (κ1) is 51.9. The SMILES string of the molecule is CCN(CC)c1ccc(C(c2ccc(N(CC)CC)cc2)(c2ccc(N(c3ccc(C)cc3)c3ccc(-c4ccc(C)cc4)cc3)cc2)c2ccc(N(c3ccc(C)cc3)c3ccc(-c4ccc(C)cc4)cc3)cc2)cc1. The van der Waals surface area contributed by atoms with Gasteiger partial charge in [0.15, 0.2) is 0 Å². The van der Waals surface area contributed by atoms with Crippen molar-refractivity contribution in [1.29, 1.82) is 0 Å². The van der Waals surface area contributed by atoms with Crippen LogP contribution in [0.3, 0.4) is 0 Å². The lowest BCUT2D eigenvalue weighted by Gasteiger charge is -2.38. The highest BCUT2D eigenvalue weighted by Gasteiger charge is 2.39. The van der Waals surface area contributed by atoms with E-state index in [9.17, 15) is 0 Å². The minimum atomic E-state index is -0.713. The van der Waals surface area contributed by atoms with Crippen LogP contribution in [-0.2, 0) is 5.41 Å². The highest BCUT2D eigenvalue weighted by atomic mass is 15.1. The first-order valence-electron chi connectivity index (χ1n) is 27.6. The maximum atomic E-state index is 2.42. The summed E-state index contributed by atoms with van der Waals surface area (Å²) in [5.41, 5.74) is 22.9.